The molecule has 0 unspecified atom stereocenters. The number of likely N-dealkylation sites (tertiary alicyclic amines) is 1. The van der Waals surface area contributed by atoms with Crippen molar-refractivity contribution in [2.24, 2.45) is 0 Å². The summed E-state index contributed by atoms with van der Waals surface area (Å²) in [6.07, 6.45) is 2.47. The number of hydrogen-bond donors (Lipinski definition) is 1. The third kappa shape index (κ3) is 3.73. The van der Waals surface area contributed by atoms with Crippen molar-refractivity contribution in [2.45, 2.75) is 19.8 Å². The topological polar surface area (TPSA) is 63.1 Å². The second kappa shape index (κ2) is 6.87. The molecule has 1 N–H and O–H groups in total. The van der Waals surface area contributed by atoms with Gasteiger partial charge in [0.15, 0.2) is 0 Å². The maximum absolute atomic E-state index is 13.0. The lowest BCUT2D eigenvalue weighted by molar-refractivity contribution is 0.0939. The molecule has 122 valence electrons. The number of aryl methyl sites for hydroxylation is 1. The van der Waals surface area contributed by atoms with Gasteiger partial charge in [-0.25, -0.2) is 14.1 Å². The SMILES string of the molecule is Cc1nc(C(=O)NCCN2CCCC2)nn1-c1ccc(F)cc1. The van der Waals surface area contributed by atoms with Crippen LogP contribution >= 0.6 is 0 Å². The molecule has 0 saturated carbocycles. The second-order valence-electron chi connectivity index (χ2n) is 5.68. The standard InChI is InChI=1S/C16H20FN5O/c1-12-19-15(16(23)18-8-11-21-9-2-3-10-21)20-22(12)14-6-4-13(17)5-7-14/h4-7H,2-3,8-11H2,1H3,(H,18,23). The minimum atomic E-state index is -0.314. The Kier molecular flexibility index (Phi) is 4.66. The molecule has 1 aromatic heterocycles. The highest BCUT2D eigenvalue weighted by molar-refractivity contribution is 5.90. The van der Waals surface area contributed by atoms with E-state index in [-0.39, 0.29) is 17.5 Å². The number of carbonyl (C=O) groups is 1. The lowest BCUT2D eigenvalue weighted by atomic mass is 10.3. The summed E-state index contributed by atoms with van der Waals surface area (Å²) in [5, 5.41) is 7.07. The van der Waals surface area contributed by atoms with Gasteiger partial charge in [-0.15, -0.1) is 5.10 Å². The number of carbonyl (C=O) groups excluding carboxylic acids is 1. The summed E-state index contributed by atoms with van der Waals surface area (Å²) in [6, 6.07) is 5.91. The van der Waals surface area contributed by atoms with Gasteiger partial charge in [-0.3, -0.25) is 4.79 Å². The van der Waals surface area contributed by atoms with Crippen LogP contribution in [0, 0.1) is 12.7 Å². The number of benzene rings is 1. The average molecular weight is 317 g/mol. The molecule has 1 amide bonds. The van der Waals surface area contributed by atoms with Gasteiger partial charge < -0.3 is 10.2 Å². The Morgan fingerprint density at radius 1 is 1.26 bits per heavy atom. The number of rotatable bonds is 5. The summed E-state index contributed by atoms with van der Waals surface area (Å²) >= 11 is 0. The predicted molar refractivity (Wildman–Crippen MR) is 84.1 cm³/mol. The molecular weight excluding hydrogens is 297 g/mol. The summed E-state index contributed by atoms with van der Waals surface area (Å²) in [6.45, 7) is 5.41. The average Bonchev–Trinajstić information content (AvgIpc) is 3.18. The number of nitrogens with one attached hydrogen (secondary N) is 1. The van der Waals surface area contributed by atoms with Gasteiger partial charge in [0.2, 0.25) is 5.82 Å². The molecule has 1 saturated heterocycles. The minimum Gasteiger partial charge on any atom is -0.348 e. The lowest BCUT2D eigenvalue weighted by Gasteiger charge is -2.13. The van der Waals surface area contributed by atoms with Gasteiger partial charge in [0.05, 0.1) is 5.69 Å². The predicted octanol–water partition coefficient (Wildman–Crippen LogP) is 1.54. The Morgan fingerprint density at radius 3 is 2.65 bits per heavy atom. The molecule has 0 spiro atoms. The normalized spacial score (nSPS) is 15.0. The maximum atomic E-state index is 13.0. The van der Waals surface area contributed by atoms with Gasteiger partial charge in [0.1, 0.15) is 11.6 Å². The molecule has 0 atom stereocenters. The fraction of sp³-hybridized carbons (Fsp3) is 0.438. The molecule has 2 aromatic rings. The molecule has 1 aliphatic heterocycles. The first-order valence-electron chi connectivity index (χ1n) is 7.83. The number of halogens is 1. The second-order valence-corrected chi connectivity index (χ2v) is 5.68. The van der Waals surface area contributed by atoms with E-state index in [9.17, 15) is 9.18 Å². The van der Waals surface area contributed by atoms with Gasteiger partial charge in [-0.1, -0.05) is 0 Å². The van der Waals surface area contributed by atoms with Crippen molar-refractivity contribution in [3.05, 3.63) is 41.7 Å². The van der Waals surface area contributed by atoms with Crippen molar-refractivity contribution in [1.29, 1.82) is 0 Å². The van der Waals surface area contributed by atoms with E-state index in [0.717, 1.165) is 19.6 Å². The number of amides is 1. The third-order valence-corrected chi connectivity index (χ3v) is 3.96. The highest BCUT2D eigenvalue weighted by Gasteiger charge is 2.16. The van der Waals surface area contributed by atoms with Crippen LogP contribution in [0.5, 0.6) is 0 Å². The molecule has 6 nitrogen and oxygen atoms in total. The monoisotopic (exact) mass is 317 g/mol. The lowest BCUT2D eigenvalue weighted by Crippen LogP contribution is -2.34. The van der Waals surface area contributed by atoms with Crippen molar-refractivity contribution in [3.8, 4) is 5.69 Å². The largest absolute Gasteiger partial charge is 0.348 e. The smallest absolute Gasteiger partial charge is 0.291 e. The van der Waals surface area contributed by atoms with Crippen LogP contribution in [0.25, 0.3) is 5.69 Å². The van der Waals surface area contributed by atoms with Crippen LogP contribution < -0.4 is 5.32 Å². The van der Waals surface area contributed by atoms with E-state index in [4.69, 9.17) is 0 Å². The molecule has 23 heavy (non-hydrogen) atoms. The van der Waals surface area contributed by atoms with Crippen molar-refractivity contribution < 1.29 is 9.18 Å². The number of aromatic nitrogens is 3. The maximum Gasteiger partial charge on any atom is 0.291 e. The zero-order valence-corrected chi connectivity index (χ0v) is 13.1. The van der Waals surface area contributed by atoms with E-state index in [0.29, 0.717) is 18.1 Å². The molecular formula is C16H20FN5O. The summed E-state index contributed by atoms with van der Waals surface area (Å²) in [4.78, 5) is 18.7. The fourth-order valence-corrected chi connectivity index (χ4v) is 2.73. The van der Waals surface area contributed by atoms with Crippen LogP contribution in [-0.2, 0) is 0 Å². The first-order chi connectivity index (χ1) is 11.1. The zero-order chi connectivity index (χ0) is 16.2. The van der Waals surface area contributed by atoms with E-state index in [1.54, 1.807) is 19.1 Å². The fourth-order valence-electron chi connectivity index (χ4n) is 2.73. The molecule has 2 heterocycles. The first kappa shape index (κ1) is 15.6. The summed E-state index contributed by atoms with van der Waals surface area (Å²) in [5.41, 5.74) is 0.674. The molecule has 0 radical (unpaired) electrons. The van der Waals surface area contributed by atoms with E-state index in [1.165, 1.54) is 29.7 Å². The third-order valence-electron chi connectivity index (χ3n) is 3.96. The number of hydrogen-bond acceptors (Lipinski definition) is 4. The van der Waals surface area contributed by atoms with Crippen LogP contribution in [0.1, 0.15) is 29.3 Å². The molecule has 0 bridgehead atoms. The Hall–Kier alpha value is -2.28. The molecule has 3 rings (SSSR count). The van der Waals surface area contributed by atoms with E-state index in [1.807, 2.05) is 0 Å². The Bertz CT molecular complexity index is 676. The van der Waals surface area contributed by atoms with Gasteiger partial charge in [0.25, 0.3) is 5.91 Å². The van der Waals surface area contributed by atoms with Crippen LogP contribution in [0.3, 0.4) is 0 Å². The van der Waals surface area contributed by atoms with Crippen LogP contribution in [-0.4, -0.2) is 51.8 Å². The van der Waals surface area contributed by atoms with E-state index in [2.05, 4.69) is 20.3 Å². The van der Waals surface area contributed by atoms with Gasteiger partial charge >= 0.3 is 0 Å². The highest BCUT2D eigenvalue weighted by atomic mass is 19.1. The molecule has 1 fully saturated rings. The van der Waals surface area contributed by atoms with Crippen molar-refractivity contribution >= 4 is 5.91 Å². The summed E-state index contributed by atoms with van der Waals surface area (Å²) in [5.74, 6) is 0.120. The zero-order valence-electron chi connectivity index (χ0n) is 13.1. The van der Waals surface area contributed by atoms with E-state index >= 15 is 0 Å². The highest BCUT2D eigenvalue weighted by Crippen LogP contribution is 2.10. The van der Waals surface area contributed by atoms with Gasteiger partial charge in [0, 0.05) is 13.1 Å². The van der Waals surface area contributed by atoms with Crippen molar-refractivity contribution in [1.82, 2.24) is 25.0 Å². The van der Waals surface area contributed by atoms with Gasteiger partial charge in [-0.2, -0.15) is 0 Å². The molecule has 7 heteroatoms. The Labute approximate surface area is 134 Å². The van der Waals surface area contributed by atoms with E-state index < -0.39 is 0 Å². The van der Waals surface area contributed by atoms with Crippen LogP contribution in [0.15, 0.2) is 24.3 Å². The van der Waals surface area contributed by atoms with Crippen LogP contribution in [0.4, 0.5) is 4.39 Å². The Morgan fingerprint density at radius 2 is 1.96 bits per heavy atom. The quantitative estimate of drug-likeness (QED) is 0.908. The van der Waals surface area contributed by atoms with Crippen molar-refractivity contribution in [3.63, 3.8) is 0 Å². The summed E-state index contributed by atoms with van der Waals surface area (Å²) < 4.78 is 14.5. The number of nitrogens with zero attached hydrogens (tertiary/aromatic N) is 4. The molecule has 1 aliphatic rings. The summed E-state index contributed by atoms with van der Waals surface area (Å²) in [7, 11) is 0. The first-order valence-corrected chi connectivity index (χ1v) is 7.83. The molecule has 1 aromatic carbocycles. The van der Waals surface area contributed by atoms with Crippen LogP contribution in [0.2, 0.25) is 0 Å². The minimum absolute atomic E-state index is 0.133. The van der Waals surface area contributed by atoms with Crippen molar-refractivity contribution in [2.75, 3.05) is 26.2 Å². The van der Waals surface area contributed by atoms with Gasteiger partial charge in [-0.05, 0) is 57.1 Å². The molecule has 0 aliphatic carbocycles. The Balaban J connectivity index is 1.62.